The lowest BCUT2D eigenvalue weighted by Gasteiger charge is -2.26. The minimum atomic E-state index is -0.227. The van der Waals surface area contributed by atoms with Gasteiger partial charge in [-0.05, 0) is 47.9 Å². The first kappa shape index (κ1) is 16.8. The van der Waals surface area contributed by atoms with Crippen LogP contribution in [0.4, 0.5) is 0 Å². The molecule has 0 saturated heterocycles. The Labute approximate surface area is 144 Å². The monoisotopic (exact) mass is 322 g/mol. The lowest BCUT2D eigenvalue weighted by Crippen LogP contribution is -2.11. The first-order chi connectivity index (χ1) is 11.7. The highest BCUT2D eigenvalue weighted by Gasteiger charge is 2.19. The number of rotatable bonds is 5. The van der Waals surface area contributed by atoms with Crippen LogP contribution in [0.1, 0.15) is 60.0 Å². The highest BCUT2D eigenvalue weighted by atomic mass is 16.5. The van der Waals surface area contributed by atoms with Crippen LogP contribution in [0, 0.1) is 5.92 Å². The number of carbonyl (C=O) groups excluding carboxylic acids is 1. The lowest BCUT2D eigenvalue weighted by molar-refractivity contribution is 0.0509. The Balaban J connectivity index is 1.50. The van der Waals surface area contributed by atoms with E-state index in [1.807, 2.05) is 42.5 Å². The molecule has 3 rings (SSSR count). The molecule has 126 valence electrons. The second-order valence-corrected chi connectivity index (χ2v) is 6.95. The van der Waals surface area contributed by atoms with Gasteiger partial charge in [-0.2, -0.15) is 0 Å². The predicted octanol–water partition coefficient (Wildman–Crippen LogP) is 5.38. The molecule has 0 bridgehead atoms. The third-order valence-corrected chi connectivity index (χ3v) is 5.10. The van der Waals surface area contributed by atoms with Crippen LogP contribution in [-0.2, 0) is 11.2 Å². The summed E-state index contributed by atoms with van der Waals surface area (Å²) in [5, 5.41) is 0. The maximum Gasteiger partial charge on any atom is 0.338 e. The van der Waals surface area contributed by atoms with Gasteiger partial charge in [-0.25, -0.2) is 4.79 Å². The van der Waals surface area contributed by atoms with Gasteiger partial charge >= 0.3 is 5.97 Å². The molecule has 1 saturated carbocycles. The van der Waals surface area contributed by atoms with Crippen molar-refractivity contribution in [1.82, 2.24) is 0 Å². The first-order valence-electron chi connectivity index (χ1n) is 9.03. The molecule has 0 amide bonds. The molecular formula is C22H26O2. The van der Waals surface area contributed by atoms with Crippen molar-refractivity contribution in [3.8, 4) is 0 Å². The number of esters is 1. The normalized spacial score (nSPS) is 20.5. The molecule has 1 aliphatic rings. The molecule has 0 N–H and O–H groups in total. The van der Waals surface area contributed by atoms with Gasteiger partial charge in [0, 0.05) is 6.42 Å². The van der Waals surface area contributed by atoms with E-state index in [1.165, 1.54) is 36.8 Å². The van der Waals surface area contributed by atoms with Gasteiger partial charge in [-0.15, -0.1) is 0 Å². The molecular weight excluding hydrogens is 296 g/mol. The van der Waals surface area contributed by atoms with E-state index >= 15 is 0 Å². The predicted molar refractivity (Wildman–Crippen MR) is 97.2 cm³/mol. The third-order valence-electron chi connectivity index (χ3n) is 5.10. The Bertz CT molecular complexity index is 637. The van der Waals surface area contributed by atoms with Crippen molar-refractivity contribution < 1.29 is 9.53 Å². The Morgan fingerprint density at radius 2 is 1.62 bits per heavy atom. The second kappa shape index (κ2) is 8.14. The molecule has 24 heavy (non-hydrogen) atoms. The lowest BCUT2D eigenvalue weighted by atomic mass is 9.79. The molecule has 2 nitrogen and oxygen atoms in total. The van der Waals surface area contributed by atoms with Crippen LogP contribution in [0.2, 0.25) is 0 Å². The van der Waals surface area contributed by atoms with Crippen LogP contribution in [0.3, 0.4) is 0 Å². The van der Waals surface area contributed by atoms with Crippen LogP contribution >= 0.6 is 0 Å². The summed E-state index contributed by atoms with van der Waals surface area (Å²) in [5.74, 6) is 1.29. The second-order valence-electron chi connectivity index (χ2n) is 6.95. The van der Waals surface area contributed by atoms with Gasteiger partial charge in [-0.1, -0.05) is 62.2 Å². The largest absolute Gasteiger partial charge is 0.462 e. The zero-order chi connectivity index (χ0) is 16.8. The number of hydrogen-bond donors (Lipinski definition) is 0. The topological polar surface area (TPSA) is 26.3 Å². The van der Waals surface area contributed by atoms with Crippen molar-refractivity contribution in [3.63, 3.8) is 0 Å². The zero-order valence-electron chi connectivity index (χ0n) is 14.4. The van der Waals surface area contributed by atoms with Crippen molar-refractivity contribution in [2.24, 2.45) is 5.92 Å². The van der Waals surface area contributed by atoms with E-state index < -0.39 is 0 Å². The summed E-state index contributed by atoms with van der Waals surface area (Å²) in [6.45, 7) is 2.76. The van der Waals surface area contributed by atoms with Crippen LogP contribution < -0.4 is 0 Å². The van der Waals surface area contributed by atoms with Crippen molar-refractivity contribution in [2.75, 3.05) is 6.61 Å². The average Bonchev–Trinajstić information content (AvgIpc) is 2.63. The quantitative estimate of drug-likeness (QED) is 0.691. The molecule has 2 aromatic carbocycles. The SMILES string of the molecule is CC1CCC(c2ccc(C(=O)OCCc3ccccc3)cc2)CC1. The van der Waals surface area contributed by atoms with Crippen molar-refractivity contribution in [3.05, 3.63) is 71.3 Å². The van der Waals surface area contributed by atoms with Crippen molar-refractivity contribution in [2.45, 2.75) is 44.9 Å². The van der Waals surface area contributed by atoms with Gasteiger partial charge in [0.05, 0.1) is 12.2 Å². The highest BCUT2D eigenvalue weighted by molar-refractivity contribution is 5.89. The highest BCUT2D eigenvalue weighted by Crippen LogP contribution is 2.35. The number of hydrogen-bond acceptors (Lipinski definition) is 2. The van der Waals surface area contributed by atoms with E-state index in [0.29, 0.717) is 18.1 Å². The van der Waals surface area contributed by atoms with E-state index in [2.05, 4.69) is 19.1 Å². The fourth-order valence-electron chi connectivity index (χ4n) is 3.47. The minimum absolute atomic E-state index is 0.227. The molecule has 0 unspecified atom stereocenters. The van der Waals surface area contributed by atoms with Gasteiger partial charge in [0.2, 0.25) is 0 Å². The minimum Gasteiger partial charge on any atom is -0.462 e. The molecule has 0 heterocycles. The van der Waals surface area contributed by atoms with Gasteiger partial charge in [0.15, 0.2) is 0 Å². The van der Waals surface area contributed by atoms with E-state index in [0.717, 1.165) is 12.3 Å². The smallest absolute Gasteiger partial charge is 0.338 e. The van der Waals surface area contributed by atoms with E-state index in [9.17, 15) is 4.79 Å². The number of benzene rings is 2. The van der Waals surface area contributed by atoms with Gasteiger partial charge < -0.3 is 4.74 Å². The molecule has 0 aliphatic heterocycles. The molecule has 0 radical (unpaired) electrons. The molecule has 0 atom stereocenters. The Morgan fingerprint density at radius 3 is 2.29 bits per heavy atom. The summed E-state index contributed by atoms with van der Waals surface area (Å²) in [7, 11) is 0. The summed E-state index contributed by atoms with van der Waals surface area (Å²) < 4.78 is 5.39. The number of ether oxygens (including phenoxy) is 1. The Hall–Kier alpha value is -2.09. The fraction of sp³-hybridized carbons (Fsp3) is 0.409. The summed E-state index contributed by atoms with van der Waals surface area (Å²) in [5.41, 5.74) is 3.20. The molecule has 1 fully saturated rings. The van der Waals surface area contributed by atoms with E-state index in [1.54, 1.807) is 0 Å². The molecule has 2 heteroatoms. The van der Waals surface area contributed by atoms with Gasteiger partial charge in [-0.3, -0.25) is 0 Å². The summed E-state index contributed by atoms with van der Waals surface area (Å²) in [6, 6.07) is 18.1. The van der Waals surface area contributed by atoms with E-state index in [4.69, 9.17) is 4.74 Å². The standard InChI is InChI=1S/C22H26O2/c1-17-7-9-19(10-8-17)20-11-13-21(14-12-20)22(23)24-16-15-18-5-3-2-4-6-18/h2-6,11-14,17,19H,7-10,15-16H2,1H3. The molecule has 0 aromatic heterocycles. The average molecular weight is 322 g/mol. The maximum atomic E-state index is 12.1. The maximum absolute atomic E-state index is 12.1. The van der Waals surface area contributed by atoms with Crippen LogP contribution in [-0.4, -0.2) is 12.6 Å². The van der Waals surface area contributed by atoms with Crippen LogP contribution in [0.25, 0.3) is 0 Å². The fourth-order valence-corrected chi connectivity index (χ4v) is 3.47. The van der Waals surface area contributed by atoms with Crippen LogP contribution in [0.5, 0.6) is 0 Å². The Morgan fingerprint density at radius 1 is 0.958 bits per heavy atom. The summed E-state index contributed by atoms with van der Waals surface area (Å²) in [4.78, 5) is 12.1. The van der Waals surface area contributed by atoms with Crippen molar-refractivity contribution in [1.29, 1.82) is 0 Å². The summed E-state index contributed by atoms with van der Waals surface area (Å²) >= 11 is 0. The first-order valence-corrected chi connectivity index (χ1v) is 9.03. The van der Waals surface area contributed by atoms with Gasteiger partial charge in [0.25, 0.3) is 0 Å². The molecule has 1 aliphatic carbocycles. The van der Waals surface area contributed by atoms with Gasteiger partial charge in [0.1, 0.15) is 0 Å². The number of carbonyl (C=O) groups is 1. The van der Waals surface area contributed by atoms with Crippen molar-refractivity contribution >= 4 is 5.97 Å². The third kappa shape index (κ3) is 4.47. The molecule has 0 spiro atoms. The van der Waals surface area contributed by atoms with Crippen LogP contribution in [0.15, 0.2) is 54.6 Å². The molecule has 2 aromatic rings. The summed E-state index contributed by atoms with van der Waals surface area (Å²) in [6.07, 6.45) is 5.91. The Kier molecular flexibility index (Phi) is 5.68. The zero-order valence-corrected chi connectivity index (χ0v) is 14.4. The van der Waals surface area contributed by atoms with E-state index in [-0.39, 0.29) is 5.97 Å².